The average Bonchev–Trinajstić information content (AvgIpc) is 3.23. The van der Waals surface area contributed by atoms with Crippen molar-refractivity contribution in [2.24, 2.45) is 0 Å². The van der Waals surface area contributed by atoms with Gasteiger partial charge in [0.1, 0.15) is 6.07 Å². The zero-order chi connectivity index (χ0) is 16.5. The van der Waals surface area contributed by atoms with Crippen molar-refractivity contribution in [3.63, 3.8) is 0 Å². The predicted molar refractivity (Wildman–Crippen MR) is 94.5 cm³/mol. The number of hydrogen-bond acceptors (Lipinski definition) is 7. The second-order valence-electron chi connectivity index (χ2n) is 5.55. The van der Waals surface area contributed by atoms with Crippen molar-refractivity contribution in [3.05, 3.63) is 46.6 Å². The van der Waals surface area contributed by atoms with Gasteiger partial charge in [0.25, 0.3) is 0 Å². The smallest absolute Gasteiger partial charge is 0.227 e. The van der Waals surface area contributed by atoms with Gasteiger partial charge in [0, 0.05) is 23.7 Å². The molecule has 24 heavy (non-hydrogen) atoms. The van der Waals surface area contributed by atoms with E-state index in [1.807, 2.05) is 24.4 Å². The van der Waals surface area contributed by atoms with Crippen molar-refractivity contribution in [1.82, 2.24) is 14.3 Å². The molecule has 1 aliphatic rings. The Hall–Kier alpha value is -2.98. The number of benzene rings is 1. The Morgan fingerprint density at radius 2 is 2.29 bits per heavy atom. The highest BCUT2D eigenvalue weighted by atomic mass is 32.1. The van der Waals surface area contributed by atoms with Gasteiger partial charge in [0.15, 0.2) is 0 Å². The predicted octanol–water partition coefficient (Wildman–Crippen LogP) is 3.49. The molecule has 3 aromatic rings. The average molecular weight is 334 g/mol. The molecule has 2 aromatic heterocycles. The first-order valence-electron chi connectivity index (χ1n) is 7.57. The molecule has 0 amide bonds. The third-order valence-corrected chi connectivity index (χ3v) is 4.70. The third-order valence-electron chi connectivity index (χ3n) is 3.98. The number of rotatable bonds is 3. The molecule has 0 atom stereocenters. The molecule has 0 aliphatic carbocycles. The van der Waals surface area contributed by atoms with Gasteiger partial charge in [-0.1, -0.05) is 0 Å². The third kappa shape index (κ3) is 2.57. The van der Waals surface area contributed by atoms with E-state index >= 15 is 0 Å². The molecule has 1 aliphatic heterocycles. The Morgan fingerprint density at radius 3 is 3.08 bits per heavy atom. The van der Waals surface area contributed by atoms with Crippen LogP contribution in [0.3, 0.4) is 0 Å². The van der Waals surface area contributed by atoms with Gasteiger partial charge in [-0.05, 0) is 48.6 Å². The minimum Gasteiger partial charge on any atom is -0.383 e. The SMILES string of the molecule is Cc1nscc1Nc1nccc(-c2cc(C#N)c3c(c2)CCN3)n1. The molecule has 0 unspecified atom stereocenters. The number of anilines is 3. The molecule has 0 radical (unpaired) electrons. The first-order chi connectivity index (χ1) is 11.7. The molecule has 118 valence electrons. The van der Waals surface area contributed by atoms with Crippen molar-refractivity contribution in [2.45, 2.75) is 13.3 Å². The van der Waals surface area contributed by atoms with Gasteiger partial charge < -0.3 is 10.6 Å². The molecule has 0 saturated carbocycles. The lowest BCUT2D eigenvalue weighted by Gasteiger charge is -2.09. The Morgan fingerprint density at radius 1 is 1.38 bits per heavy atom. The first kappa shape index (κ1) is 14.6. The highest BCUT2D eigenvalue weighted by Crippen LogP contribution is 2.32. The van der Waals surface area contributed by atoms with Crippen LogP contribution in [0.4, 0.5) is 17.3 Å². The van der Waals surface area contributed by atoms with Gasteiger partial charge in [-0.2, -0.15) is 9.64 Å². The van der Waals surface area contributed by atoms with Crippen LogP contribution in [-0.2, 0) is 6.42 Å². The number of aryl methyl sites for hydroxylation is 1. The molecule has 4 rings (SSSR count). The summed E-state index contributed by atoms with van der Waals surface area (Å²) in [6.45, 7) is 2.81. The summed E-state index contributed by atoms with van der Waals surface area (Å²) < 4.78 is 4.24. The highest BCUT2D eigenvalue weighted by molar-refractivity contribution is 7.04. The number of nitrogens with zero attached hydrogens (tertiary/aromatic N) is 4. The summed E-state index contributed by atoms with van der Waals surface area (Å²) in [5.74, 6) is 0.521. The van der Waals surface area contributed by atoms with Gasteiger partial charge in [-0.25, -0.2) is 9.97 Å². The molecular weight excluding hydrogens is 320 g/mol. The van der Waals surface area contributed by atoms with Crippen LogP contribution < -0.4 is 10.6 Å². The fourth-order valence-electron chi connectivity index (χ4n) is 2.78. The maximum Gasteiger partial charge on any atom is 0.227 e. The molecule has 0 spiro atoms. The minimum atomic E-state index is 0.521. The summed E-state index contributed by atoms with van der Waals surface area (Å²) in [6.07, 6.45) is 2.64. The lowest BCUT2D eigenvalue weighted by Crippen LogP contribution is -1.99. The van der Waals surface area contributed by atoms with Gasteiger partial charge in [-0.3, -0.25) is 0 Å². The highest BCUT2D eigenvalue weighted by Gasteiger charge is 2.17. The molecular formula is C17H14N6S. The second-order valence-corrected chi connectivity index (χ2v) is 6.18. The lowest BCUT2D eigenvalue weighted by atomic mass is 10.0. The molecule has 1 aromatic carbocycles. The van der Waals surface area contributed by atoms with Crippen molar-refractivity contribution < 1.29 is 0 Å². The van der Waals surface area contributed by atoms with Crippen molar-refractivity contribution in [3.8, 4) is 17.3 Å². The molecule has 0 saturated heterocycles. The fourth-order valence-corrected chi connectivity index (χ4v) is 3.42. The Balaban J connectivity index is 1.72. The van der Waals surface area contributed by atoms with Crippen LogP contribution in [0.15, 0.2) is 29.8 Å². The standard InChI is InChI=1S/C17H14N6S/c1-10-15(9-24-23-10)22-17-20-5-3-14(21-17)12-6-11-2-4-19-16(11)13(7-12)8-18/h3,5-7,9,19H,2,4H2,1H3,(H,20,21,22). The van der Waals surface area contributed by atoms with Crippen LogP contribution in [-0.4, -0.2) is 20.9 Å². The van der Waals surface area contributed by atoms with Crippen LogP contribution >= 0.6 is 11.5 Å². The van der Waals surface area contributed by atoms with Gasteiger partial charge in [0.2, 0.25) is 5.95 Å². The Bertz CT molecular complexity index is 956. The van der Waals surface area contributed by atoms with E-state index in [0.29, 0.717) is 11.5 Å². The summed E-state index contributed by atoms with van der Waals surface area (Å²) in [5.41, 5.74) is 6.33. The maximum absolute atomic E-state index is 9.39. The zero-order valence-electron chi connectivity index (χ0n) is 13.0. The van der Waals surface area contributed by atoms with E-state index in [2.05, 4.69) is 37.1 Å². The normalized spacial score (nSPS) is 12.3. The summed E-state index contributed by atoms with van der Waals surface area (Å²) in [5, 5.41) is 17.8. The summed E-state index contributed by atoms with van der Waals surface area (Å²) in [7, 11) is 0. The molecule has 0 bridgehead atoms. The summed E-state index contributed by atoms with van der Waals surface area (Å²) in [6, 6.07) is 8.10. The van der Waals surface area contributed by atoms with Gasteiger partial charge >= 0.3 is 0 Å². The number of nitriles is 1. The van der Waals surface area contributed by atoms with E-state index < -0.39 is 0 Å². The molecule has 6 nitrogen and oxygen atoms in total. The zero-order valence-corrected chi connectivity index (χ0v) is 13.8. The van der Waals surface area contributed by atoms with Gasteiger partial charge in [0.05, 0.1) is 28.3 Å². The number of aromatic nitrogens is 3. The van der Waals surface area contributed by atoms with Crippen LogP contribution in [0.2, 0.25) is 0 Å². The monoisotopic (exact) mass is 334 g/mol. The Labute approximate surface area is 143 Å². The molecule has 2 N–H and O–H groups in total. The maximum atomic E-state index is 9.39. The molecule has 3 heterocycles. The molecule has 7 heteroatoms. The fraction of sp³-hybridized carbons (Fsp3) is 0.176. The first-order valence-corrected chi connectivity index (χ1v) is 8.40. The van der Waals surface area contributed by atoms with E-state index in [0.717, 1.165) is 46.9 Å². The van der Waals surface area contributed by atoms with Crippen LogP contribution in [0.5, 0.6) is 0 Å². The minimum absolute atomic E-state index is 0.521. The number of fused-ring (bicyclic) bond motifs is 1. The van der Waals surface area contributed by atoms with Crippen LogP contribution in [0.25, 0.3) is 11.3 Å². The topological polar surface area (TPSA) is 86.5 Å². The molecule has 0 fully saturated rings. The van der Waals surface area contributed by atoms with E-state index in [4.69, 9.17) is 0 Å². The summed E-state index contributed by atoms with van der Waals surface area (Å²) in [4.78, 5) is 8.86. The van der Waals surface area contributed by atoms with Crippen LogP contribution in [0, 0.1) is 18.3 Å². The van der Waals surface area contributed by atoms with E-state index in [1.165, 1.54) is 11.5 Å². The van der Waals surface area contributed by atoms with Crippen molar-refractivity contribution in [2.75, 3.05) is 17.2 Å². The van der Waals surface area contributed by atoms with E-state index in [9.17, 15) is 5.26 Å². The quantitative estimate of drug-likeness (QED) is 0.762. The summed E-state index contributed by atoms with van der Waals surface area (Å²) >= 11 is 1.39. The second kappa shape index (κ2) is 5.91. The van der Waals surface area contributed by atoms with Gasteiger partial charge in [-0.15, -0.1) is 0 Å². The Kier molecular flexibility index (Phi) is 3.59. The van der Waals surface area contributed by atoms with E-state index in [-0.39, 0.29) is 0 Å². The largest absolute Gasteiger partial charge is 0.383 e. The number of hydrogen-bond donors (Lipinski definition) is 2. The lowest BCUT2D eigenvalue weighted by molar-refractivity contribution is 1.10. The van der Waals surface area contributed by atoms with Crippen molar-refractivity contribution in [1.29, 1.82) is 5.26 Å². The van der Waals surface area contributed by atoms with E-state index in [1.54, 1.807) is 6.20 Å². The van der Waals surface area contributed by atoms with Crippen molar-refractivity contribution >= 4 is 28.9 Å². The number of nitrogens with one attached hydrogen (secondary N) is 2. The van der Waals surface area contributed by atoms with Crippen LogP contribution in [0.1, 0.15) is 16.8 Å².